The van der Waals surface area contributed by atoms with Gasteiger partial charge in [-0.1, -0.05) is 28.1 Å². The van der Waals surface area contributed by atoms with Crippen molar-refractivity contribution in [1.29, 1.82) is 0 Å². The minimum atomic E-state index is -0.136. The van der Waals surface area contributed by atoms with Gasteiger partial charge in [0.1, 0.15) is 0 Å². The van der Waals surface area contributed by atoms with E-state index in [4.69, 9.17) is 0 Å². The quantitative estimate of drug-likeness (QED) is 0.749. The predicted molar refractivity (Wildman–Crippen MR) is 82.9 cm³/mol. The predicted octanol–water partition coefficient (Wildman–Crippen LogP) is 3.89. The van der Waals surface area contributed by atoms with Crippen molar-refractivity contribution in [2.24, 2.45) is 0 Å². The Morgan fingerprint density at radius 2 is 2.15 bits per heavy atom. The molecule has 0 saturated heterocycles. The van der Waals surface area contributed by atoms with E-state index in [0.29, 0.717) is 5.56 Å². The zero-order valence-corrected chi connectivity index (χ0v) is 12.4. The summed E-state index contributed by atoms with van der Waals surface area (Å²) in [6.45, 7) is 1.96. The smallest absolute Gasteiger partial charge is 0.255 e. The molecule has 0 spiro atoms. The monoisotopic (exact) mass is 329 g/mol. The molecular weight excluding hydrogens is 318 g/mol. The molecule has 0 bridgehead atoms. The second-order valence-corrected chi connectivity index (χ2v) is 5.39. The highest BCUT2D eigenvalue weighted by Gasteiger charge is 2.10. The Kier molecular flexibility index (Phi) is 3.28. The van der Waals surface area contributed by atoms with Crippen molar-refractivity contribution in [2.75, 3.05) is 5.32 Å². The lowest BCUT2D eigenvalue weighted by Crippen LogP contribution is -2.12. The van der Waals surface area contributed by atoms with Gasteiger partial charge in [-0.05, 0) is 36.8 Å². The van der Waals surface area contributed by atoms with Crippen LogP contribution >= 0.6 is 15.9 Å². The Balaban J connectivity index is 1.90. The first-order valence-corrected chi connectivity index (χ1v) is 6.94. The van der Waals surface area contributed by atoms with Crippen LogP contribution in [-0.2, 0) is 0 Å². The van der Waals surface area contributed by atoms with Crippen LogP contribution in [0.1, 0.15) is 15.9 Å². The number of anilines is 1. The van der Waals surface area contributed by atoms with Gasteiger partial charge in [-0.25, -0.2) is 0 Å². The minimum absolute atomic E-state index is 0.136. The number of aromatic amines is 1. The van der Waals surface area contributed by atoms with Crippen LogP contribution in [0.5, 0.6) is 0 Å². The second kappa shape index (κ2) is 5.09. The molecule has 0 aliphatic rings. The van der Waals surface area contributed by atoms with Crippen LogP contribution in [0.2, 0.25) is 0 Å². The van der Waals surface area contributed by atoms with Crippen molar-refractivity contribution in [1.82, 2.24) is 10.2 Å². The largest absolute Gasteiger partial charge is 0.322 e. The SMILES string of the molecule is Cc1c(Br)cccc1NC(=O)c1ccc2cn[nH]c2c1. The molecule has 0 radical (unpaired) electrons. The fourth-order valence-corrected chi connectivity index (χ4v) is 2.38. The van der Waals surface area contributed by atoms with Crippen molar-refractivity contribution < 1.29 is 4.79 Å². The molecule has 3 aromatic rings. The van der Waals surface area contributed by atoms with Gasteiger partial charge >= 0.3 is 0 Å². The topological polar surface area (TPSA) is 57.8 Å². The molecule has 0 atom stereocenters. The summed E-state index contributed by atoms with van der Waals surface area (Å²) in [4.78, 5) is 12.3. The zero-order chi connectivity index (χ0) is 14.1. The molecule has 0 saturated carbocycles. The van der Waals surface area contributed by atoms with Crippen LogP contribution in [0.4, 0.5) is 5.69 Å². The van der Waals surface area contributed by atoms with Crippen molar-refractivity contribution in [2.45, 2.75) is 6.92 Å². The lowest BCUT2D eigenvalue weighted by molar-refractivity contribution is 0.102. The summed E-state index contributed by atoms with van der Waals surface area (Å²) >= 11 is 3.45. The lowest BCUT2D eigenvalue weighted by atomic mass is 10.1. The number of carbonyl (C=O) groups excluding carboxylic acids is 1. The van der Waals surface area contributed by atoms with Crippen molar-refractivity contribution >= 4 is 38.4 Å². The number of halogens is 1. The highest BCUT2D eigenvalue weighted by Crippen LogP contribution is 2.24. The van der Waals surface area contributed by atoms with Crippen LogP contribution < -0.4 is 5.32 Å². The zero-order valence-electron chi connectivity index (χ0n) is 10.8. The second-order valence-electron chi connectivity index (χ2n) is 4.54. The third-order valence-electron chi connectivity index (χ3n) is 3.22. The molecule has 0 aliphatic heterocycles. The number of benzene rings is 2. The number of aromatic nitrogens is 2. The molecule has 20 heavy (non-hydrogen) atoms. The number of amides is 1. The summed E-state index contributed by atoms with van der Waals surface area (Å²) in [5, 5.41) is 10.7. The number of hydrogen-bond donors (Lipinski definition) is 2. The first kappa shape index (κ1) is 12.9. The van der Waals surface area contributed by atoms with E-state index in [2.05, 4.69) is 31.4 Å². The number of nitrogens with one attached hydrogen (secondary N) is 2. The van der Waals surface area contributed by atoms with E-state index in [-0.39, 0.29) is 5.91 Å². The molecule has 2 aromatic carbocycles. The molecule has 3 rings (SSSR count). The Hall–Kier alpha value is -2.14. The number of H-pyrrole nitrogens is 1. The molecule has 2 N–H and O–H groups in total. The maximum atomic E-state index is 12.3. The molecule has 100 valence electrons. The molecule has 1 aromatic heterocycles. The van der Waals surface area contributed by atoms with Crippen LogP contribution in [-0.4, -0.2) is 16.1 Å². The van der Waals surface area contributed by atoms with Crippen molar-refractivity contribution in [3.63, 3.8) is 0 Å². The van der Waals surface area contributed by atoms with Crippen LogP contribution in [0.3, 0.4) is 0 Å². The van der Waals surface area contributed by atoms with Crippen molar-refractivity contribution in [3.05, 3.63) is 58.2 Å². The standard InChI is InChI=1S/C15H12BrN3O/c1-9-12(16)3-2-4-13(9)18-15(20)10-5-6-11-8-17-19-14(11)7-10/h2-8H,1H3,(H,17,19)(H,18,20). The first-order valence-electron chi connectivity index (χ1n) is 6.15. The first-order chi connectivity index (χ1) is 9.65. The molecule has 0 aliphatic carbocycles. The fraction of sp³-hybridized carbons (Fsp3) is 0.0667. The number of hydrogen-bond acceptors (Lipinski definition) is 2. The van der Waals surface area contributed by atoms with Crippen molar-refractivity contribution in [3.8, 4) is 0 Å². The molecule has 5 heteroatoms. The Labute approximate surface area is 124 Å². The van der Waals surface area contributed by atoms with E-state index in [1.165, 1.54) is 0 Å². The van der Waals surface area contributed by atoms with Crippen LogP contribution in [0, 0.1) is 6.92 Å². The Bertz CT molecular complexity index is 795. The highest BCUT2D eigenvalue weighted by atomic mass is 79.9. The van der Waals surface area contributed by atoms with Gasteiger partial charge in [-0.15, -0.1) is 0 Å². The van der Waals surface area contributed by atoms with E-state index in [0.717, 1.165) is 26.6 Å². The average molecular weight is 330 g/mol. The molecular formula is C15H12BrN3O. The summed E-state index contributed by atoms with van der Waals surface area (Å²) in [6.07, 6.45) is 1.73. The normalized spacial score (nSPS) is 10.7. The van der Waals surface area contributed by atoms with Gasteiger partial charge in [0.2, 0.25) is 0 Å². The third kappa shape index (κ3) is 2.32. The van der Waals surface area contributed by atoms with Gasteiger partial charge < -0.3 is 5.32 Å². The summed E-state index contributed by atoms with van der Waals surface area (Å²) < 4.78 is 0.972. The van der Waals surface area contributed by atoms with E-state index in [1.54, 1.807) is 18.3 Å². The van der Waals surface area contributed by atoms with Gasteiger partial charge in [0.25, 0.3) is 5.91 Å². The lowest BCUT2D eigenvalue weighted by Gasteiger charge is -2.09. The number of carbonyl (C=O) groups is 1. The average Bonchev–Trinajstić information content (AvgIpc) is 2.91. The van der Waals surface area contributed by atoms with Gasteiger partial charge in [-0.2, -0.15) is 5.10 Å². The highest BCUT2D eigenvalue weighted by molar-refractivity contribution is 9.10. The van der Waals surface area contributed by atoms with Gasteiger partial charge in [-0.3, -0.25) is 9.89 Å². The summed E-state index contributed by atoms with van der Waals surface area (Å²) in [5.41, 5.74) is 3.25. The third-order valence-corrected chi connectivity index (χ3v) is 4.08. The summed E-state index contributed by atoms with van der Waals surface area (Å²) in [5.74, 6) is -0.136. The Morgan fingerprint density at radius 1 is 1.30 bits per heavy atom. The van der Waals surface area contributed by atoms with E-state index in [9.17, 15) is 4.79 Å². The Morgan fingerprint density at radius 3 is 3.00 bits per heavy atom. The van der Waals surface area contributed by atoms with E-state index >= 15 is 0 Å². The van der Waals surface area contributed by atoms with E-state index < -0.39 is 0 Å². The van der Waals surface area contributed by atoms with Crippen LogP contribution in [0.25, 0.3) is 10.9 Å². The molecule has 0 unspecified atom stereocenters. The summed E-state index contributed by atoms with van der Waals surface area (Å²) in [7, 11) is 0. The number of fused-ring (bicyclic) bond motifs is 1. The maximum absolute atomic E-state index is 12.3. The molecule has 4 nitrogen and oxygen atoms in total. The van der Waals surface area contributed by atoms with Crippen LogP contribution in [0.15, 0.2) is 47.1 Å². The molecule has 1 heterocycles. The fourth-order valence-electron chi connectivity index (χ4n) is 2.02. The van der Waals surface area contributed by atoms with Gasteiger partial charge in [0.15, 0.2) is 0 Å². The van der Waals surface area contributed by atoms with E-state index in [1.807, 2.05) is 31.2 Å². The number of nitrogens with zero attached hydrogens (tertiary/aromatic N) is 1. The summed E-state index contributed by atoms with van der Waals surface area (Å²) in [6, 6.07) is 11.2. The maximum Gasteiger partial charge on any atom is 0.255 e. The number of rotatable bonds is 2. The minimum Gasteiger partial charge on any atom is -0.322 e. The van der Waals surface area contributed by atoms with Gasteiger partial charge in [0.05, 0.1) is 11.7 Å². The molecule has 1 amide bonds. The van der Waals surface area contributed by atoms with Gasteiger partial charge in [0, 0.05) is 21.1 Å². The molecule has 0 fully saturated rings.